The molecule has 2 fully saturated rings. The molecule has 7 aromatic rings. The summed E-state index contributed by atoms with van der Waals surface area (Å²) in [5.41, 5.74) is -1.00. The van der Waals surface area contributed by atoms with E-state index in [1.165, 1.54) is 37.3 Å². The van der Waals surface area contributed by atoms with E-state index in [-0.39, 0.29) is 43.6 Å². The van der Waals surface area contributed by atoms with Crippen molar-refractivity contribution in [2.24, 2.45) is 0 Å². The summed E-state index contributed by atoms with van der Waals surface area (Å²) in [5, 5.41) is 32.4. The molecule has 0 bridgehead atoms. The van der Waals surface area contributed by atoms with Crippen LogP contribution in [0.5, 0.6) is 0 Å². The summed E-state index contributed by atoms with van der Waals surface area (Å²) in [4.78, 5) is 165. The molecule has 9 heterocycles. The van der Waals surface area contributed by atoms with Crippen LogP contribution in [0.3, 0.4) is 0 Å². The van der Waals surface area contributed by atoms with Gasteiger partial charge in [-0.3, -0.25) is 60.6 Å². The van der Waals surface area contributed by atoms with Crippen LogP contribution < -0.4 is 68.2 Å². The van der Waals surface area contributed by atoms with Crippen molar-refractivity contribution >= 4 is 89.1 Å². The number of quaternary nitrogens is 2. The first kappa shape index (κ1) is 79.7. The van der Waals surface area contributed by atoms with Crippen LogP contribution in [-0.4, -0.2) is 218 Å². The Hall–Kier alpha value is -7.99. The van der Waals surface area contributed by atoms with Gasteiger partial charge in [-0.25, -0.2) is 48.8 Å². The van der Waals surface area contributed by atoms with Crippen LogP contribution in [-0.2, 0) is 68.1 Å². The minimum Gasteiger partial charge on any atom is -0.790 e. The summed E-state index contributed by atoms with van der Waals surface area (Å²) in [5.74, 6) is -0.0550. The Morgan fingerprint density at radius 1 is 0.618 bits per heavy atom. The van der Waals surface area contributed by atoms with Gasteiger partial charge >= 0.3 is 11.4 Å². The number of carbonyl (C=O) groups is 2. The highest BCUT2D eigenvalue weighted by atomic mass is 31.3. The first-order chi connectivity index (χ1) is 47.9. The maximum atomic E-state index is 12.6. The van der Waals surface area contributed by atoms with Crippen LogP contribution in [0.4, 0.5) is 11.6 Å². The Labute approximate surface area is 579 Å². The monoisotopic (exact) mass is 1510 g/mol. The number of nitrogens with zero attached hydrogens (tertiary/aromatic N) is 14. The summed E-state index contributed by atoms with van der Waals surface area (Å²) in [6, 6.07) is 0. The van der Waals surface area contributed by atoms with Crippen molar-refractivity contribution in [2.45, 2.75) is 88.5 Å². The number of nitrogens with one attached hydrogen (secondary N) is 6. The zero-order chi connectivity index (χ0) is 74.4. The van der Waals surface area contributed by atoms with Crippen molar-refractivity contribution in [1.29, 1.82) is 0 Å². The van der Waals surface area contributed by atoms with Crippen molar-refractivity contribution in [3.8, 4) is 0 Å². The number of aromatic amines is 2. The van der Waals surface area contributed by atoms with Gasteiger partial charge in [0, 0.05) is 89.0 Å². The molecular weight excluding hydrogens is 1430 g/mol. The number of fused-ring (bicyclic) bond motifs is 2. The highest BCUT2D eigenvalue weighted by Gasteiger charge is 2.39. The number of rotatable bonds is 35. The number of ether oxygens (including phenoxy) is 2. The average molecular weight is 1510 g/mol. The summed E-state index contributed by atoms with van der Waals surface area (Å²) < 4.78 is 81.2. The lowest BCUT2D eigenvalue weighted by Crippen LogP contribution is -2.35. The Bertz CT molecular complexity index is 4560. The molecule has 2 saturated heterocycles. The number of hydrogen-bond acceptors (Lipinski definition) is 32. The minimum absolute atomic E-state index is 0.0220. The van der Waals surface area contributed by atoms with Crippen LogP contribution in [0, 0.1) is 0 Å². The first-order valence-corrected chi connectivity index (χ1v) is 37.2. The number of unbranched alkanes of at least 4 members (excludes halogenated alkanes) is 2. The van der Waals surface area contributed by atoms with E-state index < -0.39 is 116 Å². The van der Waals surface area contributed by atoms with Crippen LogP contribution in [0.25, 0.3) is 34.5 Å². The molecule has 9 rings (SSSR count). The fourth-order valence-electron chi connectivity index (χ4n) is 10.1. The molecule has 0 saturated carbocycles. The van der Waals surface area contributed by atoms with Crippen LogP contribution in [0.15, 0.2) is 87.8 Å². The van der Waals surface area contributed by atoms with Gasteiger partial charge in [0.2, 0.25) is 19.6 Å². The third-order valence-corrected chi connectivity index (χ3v) is 20.0. The first-order valence-electron chi connectivity index (χ1n) is 31.3. The number of imidazole rings is 3. The van der Waals surface area contributed by atoms with E-state index in [0.29, 0.717) is 34.9 Å². The SMILES string of the molecule is C[N+](C)(C)CCCCn1cnc2c(NCCNC(=O)/C=C/c3cn(C4CC(O)C(COP(=O)([O-])OP(=O)([O-])OP(=O)([O-])[O-])O4)c(=O)[nH]c3=O)ncnc21.C[N+](C)(C)CCCCn1cnc2c(NCCNC(=O)/C=C/c3cn(C4CC(O)C(COP(=O)([O-])n5ccnc5)O4)c(=O)[nH]c3=O)ncnc21. The predicted molar refractivity (Wildman–Crippen MR) is 350 cm³/mol. The Morgan fingerprint density at radius 2 is 1.07 bits per heavy atom. The van der Waals surface area contributed by atoms with Crippen LogP contribution in [0.1, 0.15) is 62.1 Å². The summed E-state index contributed by atoms with van der Waals surface area (Å²) >= 11 is 0. The van der Waals surface area contributed by atoms with Crippen LogP contribution >= 0.6 is 31.2 Å². The molecule has 7 aromatic heterocycles. The zero-order valence-electron chi connectivity index (χ0n) is 55.8. The van der Waals surface area contributed by atoms with Gasteiger partial charge in [-0.1, -0.05) is 0 Å². The molecule has 43 nitrogen and oxygen atoms in total. The van der Waals surface area contributed by atoms with Gasteiger partial charge in [-0.2, -0.15) is 0 Å². The second-order valence-electron chi connectivity index (χ2n) is 25.1. The van der Waals surface area contributed by atoms with Crippen molar-refractivity contribution in [3.05, 3.63) is 121 Å². The molecule has 0 spiro atoms. The van der Waals surface area contributed by atoms with Crippen LogP contribution in [0.2, 0.25) is 0 Å². The minimum atomic E-state index is -6.21. The van der Waals surface area contributed by atoms with Crippen molar-refractivity contribution in [2.75, 3.05) is 105 Å². The Morgan fingerprint density at radius 3 is 1.49 bits per heavy atom. The number of anilines is 2. The number of phosphoric acid groups is 3. The number of aliphatic hydroxyl groups excluding tert-OH is 2. The number of aryl methyl sites for hydroxylation is 2. The zero-order valence-corrected chi connectivity index (χ0v) is 59.4. The predicted octanol–water partition coefficient (Wildman–Crippen LogP) is -3.85. The summed E-state index contributed by atoms with van der Waals surface area (Å²) in [6.45, 7) is 3.02. The standard InChI is InChI=1S/C29H40N11O8P.C26H40N9O15P3/c1-40(2,3)13-5-4-11-37-19-35-25-26(33-17-34-27(25)37)32-9-8-31-23(42)7-6-20-15-39(29(44)36-28(20)43)24-14-21(41)22(48-24)16-47-49(45,46)38-12-10-30-18-38;1-35(2,3)11-5-4-10-33-16-31-22-23(29-15-30-24(22)33)28-9-8-27-20(37)7-6-17-13-34(26(39)32-25(17)38)21-12-18(36)19(48-21)14-47-52(43,44)50-53(45,46)49-51(40,41)42/h6-7,10,12,15,17-19,21-22,24,41H,4-5,8-9,11,13-14,16H2,1-3H3,(H3-,31,32,33,34,36,42,43,44,45,46);6-7,13,15-16,18-19,21,36H,4-5,8-12,14H2,1-3H3,(H6-,27,28,29,30,32,37,38,39,40,41,42,43,44,45,46)/p-3/b2*7-6+. The normalized spacial score (nSPS) is 19.9. The molecule has 102 heavy (non-hydrogen) atoms. The van der Waals surface area contributed by atoms with Gasteiger partial charge in [-0.15, -0.1) is 0 Å². The molecule has 0 radical (unpaired) electrons. The number of aliphatic hydroxyl groups is 2. The quantitative estimate of drug-likeness (QED) is 0.00816. The fourth-order valence-corrected chi connectivity index (χ4v) is 13.8. The van der Waals surface area contributed by atoms with E-state index in [0.717, 1.165) is 111 Å². The second kappa shape index (κ2) is 34.5. The van der Waals surface area contributed by atoms with Gasteiger partial charge < -0.3 is 97.1 Å². The van der Waals surface area contributed by atoms with Gasteiger partial charge in [0.25, 0.3) is 26.8 Å². The van der Waals surface area contributed by atoms with E-state index in [1.54, 1.807) is 12.7 Å². The lowest BCUT2D eigenvalue weighted by molar-refractivity contribution is -0.870. The Balaban J connectivity index is 0.000000260. The summed E-state index contributed by atoms with van der Waals surface area (Å²) in [6.07, 6.45) is 12.6. The van der Waals surface area contributed by atoms with Crippen molar-refractivity contribution < 1.29 is 98.6 Å². The van der Waals surface area contributed by atoms with E-state index in [4.69, 9.17) is 14.0 Å². The molecule has 0 aliphatic carbocycles. The molecule has 47 heteroatoms. The number of H-pyrrole nitrogens is 2. The van der Waals surface area contributed by atoms with Crippen molar-refractivity contribution in [1.82, 2.24) is 78.1 Å². The third kappa shape index (κ3) is 23.8. The number of aromatic nitrogens is 14. The van der Waals surface area contributed by atoms with Gasteiger partial charge in [0.1, 0.15) is 54.7 Å². The number of amides is 2. The smallest absolute Gasteiger partial charge is 0.330 e. The fraction of sp³-hybridized carbons (Fsp3) is 0.509. The average Bonchev–Trinajstić information content (AvgIpc) is 1.64. The number of carbonyl (C=O) groups excluding carboxylic acids is 2. The lowest BCUT2D eigenvalue weighted by Gasteiger charge is -2.37. The van der Waals surface area contributed by atoms with Gasteiger partial charge in [0.15, 0.2) is 22.9 Å². The molecule has 2 aliphatic rings. The lowest BCUT2D eigenvalue weighted by atomic mass is 10.2. The molecule has 8 N–H and O–H groups in total. The molecular formula is C55H77N20O23P4-3. The van der Waals surface area contributed by atoms with Crippen molar-refractivity contribution in [3.63, 3.8) is 0 Å². The molecule has 9 unspecified atom stereocenters. The molecule has 2 amide bonds. The second-order valence-corrected chi connectivity index (χ2v) is 31.0. The number of phosphoric ester groups is 1. The largest absolute Gasteiger partial charge is 0.790 e. The van der Waals surface area contributed by atoms with E-state index in [9.17, 15) is 81.7 Å². The molecule has 558 valence electrons. The molecule has 2 aliphatic heterocycles. The topological polar surface area (TPSA) is 576 Å². The maximum absolute atomic E-state index is 12.6. The van der Waals surface area contributed by atoms with Gasteiger partial charge in [0.05, 0.1) is 112 Å². The third-order valence-electron chi connectivity index (χ3n) is 15.0. The molecule has 0 aromatic carbocycles. The van der Waals surface area contributed by atoms with Gasteiger partial charge in [-0.05, 0) is 37.8 Å². The van der Waals surface area contributed by atoms with E-state index in [2.05, 4.69) is 117 Å². The van der Waals surface area contributed by atoms with E-state index >= 15 is 0 Å². The highest BCUT2D eigenvalue weighted by Crippen LogP contribution is 2.60. The molecule has 9 atom stereocenters. The summed E-state index contributed by atoms with van der Waals surface area (Å²) in [7, 11) is -9.88. The Kier molecular flexibility index (Phi) is 27.0. The maximum Gasteiger partial charge on any atom is 0.330 e. The van der Waals surface area contributed by atoms with E-state index in [1.807, 2.05) is 14.1 Å². The number of hydrogen-bond donors (Lipinski definition) is 8. The highest BCUT2D eigenvalue weighted by molar-refractivity contribution is 7.64.